The normalized spacial score (nSPS) is 11.9. The van der Waals surface area contributed by atoms with Gasteiger partial charge in [0.2, 0.25) is 0 Å². The van der Waals surface area contributed by atoms with Gasteiger partial charge in [-0.1, -0.05) is 29.8 Å². The van der Waals surface area contributed by atoms with Crippen LogP contribution in [0.15, 0.2) is 36.4 Å². The molecule has 2 nitrogen and oxygen atoms in total. The predicted octanol–water partition coefficient (Wildman–Crippen LogP) is 5.14. The zero-order valence-corrected chi connectivity index (χ0v) is 14.3. The van der Waals surface area contributed by atoms with Crippen molar-refractivity contribution in [3.05, 3.63) is 63.9 Å². The van der Waals surface area contributed by atoms with Crippen LogP contribution in [0.3, 0.4) is 0 Å². The van der Waals surface area contributed by atoms with Crippen LogP contribution in [0.25, 0.3) is 0 Å². The molecular formula is C17H18ClFN2S. The number of rotatable bonds is 3. The highest BCUT2D eigenvalue weighted by Crippen LogP contribution is 2.20. The van der Waals surface area contributed by atoms with E-state index >= 15 is 0 Å². The second kappa shape index (κ2) is 7.07. The fourth-order valence-corrected chi connectivity index (χ4v) is 2.53. The molecule has 5 heteroatoms. The summed E-state index contributed by atoms with van der Waals surface area (Å²) in [5, 5.41) is 6.75. The van der Waals surface area contributed by atoms with Crippen molar-refractivity contribution in [3.8, 4) is 0 Å². The van der Waals surface area contributed by atoms with Crippen LogP contribution in [0.5, 0.6) is 0 Å². The Morgan fingerprint density at radius 3 is 2.50 bits per heavy atom. The Hall–Kier alpha value is -1.65. The van der Waals surface area contributed by atoms with Gasteiger partial charge in [-0.05, 0) is 67.9 Å². The van der Waals surface area contributed by atoms with E-state index in [1.807, 2.05) is 6.92 Å². The van der Waals surface area contributed by atoms with Crippen molar-refractivity contribution in [3.63, 3.8) is 0 Å². The largest absolute Gasteiger partial charge is 0.356 e. The molecule has 1 atom stereocenters. The van der Waals surface area contributed by atoms with Crippen LogP contribution in [0.2, 0.25) is 5.02 Å². The number of nitrogens with one attached hydrogen (secondary N) is 2. The summed E-state index contributed by atoms with van der Waals surface area (Å²) in [6.07, 6.45) is 0. The summed E-state index contributed by atoms with van der Waals surface area (Å²) in [5.74, 6) is -0.449. The molecule has 0 saturated heterocycles. The van der Waals surface area contributed by atoms with Crippen molar-refractivity contribution in [2.45, 2.75) is 26.8 Å². The van der Waals surface area contributed by atoms with E-state index in [2.05, 4.69) is 42.7 Å². The van der Waals surface area contributed by atoms with Gasteiger partial charge in [0.1, 0.15) is 5.82 Å². The smallest absolute Gasteiger partial charge is 0.171 e. The molecule has 22 heavy (non-hydrogen) atoms. The van der Waals surface area contributed by atoms with Crippen LogP contribution in [0.1, 0.15) is 29.7 Å². The first-order chi connectivity index (χ1) is 10.4. The third kappa shape index (κ3) is 4.18. The van der Waals surface area contributed by atoms with Gasteiger partial charge in [-0.2, -0.15) is 0 Å². The Morgan fingerprint density at radius 1 is 1.14 bits per heavy atom. The number of anilines is 1. The fraction of sp³-hybridized carbons (Fsp3) is 0.235. The average molecular weight is 337 g/mol. The summed E-state index contributed by atoms with van der Waals surface area (Å²) in [6, 6.07) is 10.8. The molecule has 0 unspecified atom stereocenters. The molecule has 0 fully saturated rings. The van der Waals surface area contributed by atoms with Crippen LogP contribution < -0.4 is 10.6 Å². The summed E-state index contributed by atoms with van der Waals surface area (Å²) in [4.78, 5) is 0. The molecule has 0 aliphatic rings. The minimum atomic E-state index is -0.449. The molecule has 2 aromatic carbocycles. The number of thiocarbonyl (C=S) groups is 1. The van der Waals surface area contributed by atoms with E-state index in [0.29, 0.717) is 10.8 Å². The molecule has 0 radical (unpaired) electrons. The van der Waals surface area contributed by atoms with Crippen LogP contribution >= 0.6 is 23.8 Å². The molecule has 0 saturated carbocycles. The first-order valence-electron chi connectivity index (χ1n) is 6.96. The molecule has 2 rings (SSSR count). The van der Waals surface area contributed by atoms with E-state index in [0.717, 1.165) is 5.56 Å². The zero-order chi connectivity index (χ0) is 16.3. The molecule has 0 spiro atoms. The lowest BCUT2D eigenvalue weighted by molar-refractivity contribution is 0.628. The van der Waals surface area contributed by atoms with Crippen molar-refractivity contribution in [1.82, 2.24) is 5.32 Å². The topological polar surface area (TPSA) is 24.1 Å². The van der Waals surface area contributed by atoms with Gasteiger partial charge in [0, 0.05) is 5.69 Å². The quantitative estimate of drug-likeness (QED) is 0.758. The fourth-order valence-electron chi connectivity index (χ4n) is 2.05. The van der Waals surface area contributed by atoms with Gasteiger partial charge >= 0.3 is 0 Å². The third-order valence-electron chi connectivity index (χ3n) is 3.56. The van der Waals surface area contributed by atoms with Crippen LogP contribution in [-0.4, -0.2) is 5.11 Å². The third-order valence-corrected chi connectivity index (χ3v) is 4.07. The average Bonchev–Trinajstić information content (AvgIpc) is 2.45. The van der Waals surface area contributed by atoms with Gasteiger partial charge in [0.25, 0.3) is 0 Å². The second-order valence-electron chi connectivity index (χ2n) is 5.29. The van der Waals surface area contributed by atoms with E-state index in [1.165, 1.54) is 23.3 Å². The van der Waals surface area contributed by atoms with Gasteiger partial charge in [-0.3, -0.25) is 0 Å². The molecule has 2 aromatic rings. The van der Waals surface area contributed by atoms with Crippen molar-refractivity contribution in [1.29, 1.82) is 0 Å². The summed E-state index contributed by atoms with van der Waals surface area (Å²) in [5.41, 5.74) is 4.31. The predicted molar refractivity (Wildman–Crippen MR) is 95.1 cm³/mol. The molecule has 116 valence electrons. The van der Waals surface area contributed by atoms with Gasteiger partial charge in [0.05, 0.1) is 11.1 Å². The Labute approximate surface area is 140 Å². The zero-order valence-electron chi connectivity index (χ0n) is 12.7. The van der Waals surface area contributed by atoms with Crippen LogP contribution in [0, 0.1) is 19.7 Å². The Kier molecular flexibility index (Phi) is 5.37. The number of halogens is 2. The van der Waals surface area contributed by atoms with Crippen molar-refractivity contribution >= 4 is 34.6 Å². The maximum atomic E-state index is 13.1. The number of hydrogen-bond acceptors (Lipinski definition) is 1. The minimum absolute atomic E-state index is 0.0648. The van der Waals surface area contributed by atoms with Crippen molar-refractivity contribution in [2.75, 3.05) is 5.32 Å². The van der Waals surface area contributed by atoms with Gasteiger partial charge in [0.15, 0.2) is 5.11 Å². The highest BCUT2D eigenvalue weighted by atomic mass is 35.5. The highest BCUT2D eigenvalue weighted by Gasteiger charge is 2.09. The number of hydrogen-bond donors (Lipinski definition) is 2. The minimum Gasteiger partial charge on any atom is -0.356 e. The molecule has 2 N–H and O–H groups in total. The molecule has 0 heterocycles. The first-order valence-corrected chi connectivity index (χ1v) is 7.75. The van der Waals surface area contributed by atoms with Crippen molar-refractivity contribution < 1.29 is 4.39 Å². The molecule has 0 aliphatic carbocycles. The molecule has 0 aliphatic heterocycles. The Balaban J connectivity index is 2.01. The molecule has 0 bridgehead atoms. The van der Waals surface area contributed by atoms with Crippen molar-refractivity contribution in [2.24, 2.45) is 0 Å². The van der Waals surface area contributed by atoms with E-state index in [1.54, 1.807) is 6.07 Å². The van der Waals surface area contributed by atoms with Gasteiger partial charge in [-0.25, -0.2) is 4.39 Å². The monoisotopic (exact) mass is 336 g/mol. The SMILES string of the molecule is Cc1ccc([C@@H](C)NC(=S)Nc2ccc(F)c(Cl)c2)cc1C. The van der Waals surface area contributed by atoms with E-state index < -0.39 is 5.82 Å². The summed E-state index contributed by atoms with van der Waals surface area (Å²) in [6.45, 7) is 6.21. The summed E-state index contributed by atoms with van der Waals surface area (Å²) in [7, 11) is 0. The highest BCUT2D eigenvalue weighted by molar-refractivity contribution is 7.80. The van der Waals surface area contributed by atoms with E-state index in [4.69, 9.17) is 23.8 Å². The number of benzene rings is 2. The standard InChI is InChI=1S/C17H18ClFN2S/c1-10-4-5-13(8-11(10)2)12(3)20-17(22)21-14-6-7-16(19)15(18)9-14/h4-9,12H,1-3H3,(H2,20,21,22)/t12-/m1/s1. The Morgan fingerprint density at radius 2 is 1.86 bits per heavy atom. The first kappa shape index (κ1) is 16.7. The molecular weight excluding hydrogens is 319 g/mol. The van der Waals surface area contributed by atoms with E-state index in [-0.39, 0.29) is 11.1 Å². The maximum Gasteiger partial charge on any atom is 0.171 e. The lowest BCUT2D eigenvalue weighted by atomic mass is 10.0. The number of aryl methyl sites for hydroxylation is 2. The molecule has 0 aromatic heterocycles. The summed E-state index contributed by atoms with van der Waals surface area (Å²) < 4.78 is 13.1. The van der Waals surface area contributed by atoms with Gasteiger partial charge in [-0.15, -0.1) is 0 Å². The van der Waals surface area contributed by atoms with E-state index in [9.17, 15) is 4.39 Å². The van der Waals surface area contributed by atoms with Gasteiger partial charge < -0.3 is 10.6 Å². The lowest BCUT2D eigenvalue weighted by Crippen LogP contribution is -2.30. The van der Waals surface area contributed by atoms with Crippen LogP contribution in [-0.2, 0) is 0 Å². The lowest BCUT2D eigenvalue weighted by Gasteiger charge is -2.18. The second-order valence-corrected chi connectivity index (χ2v) is 6.11. The summed E-state index contributed by atoms with van der Waals surface area (Å²) >= 11 is 11.0. The molecule has 0 amide bonds. The Bertz CT molecular complexity index is 703. The van der Waals surface area contributed by atoms with Crippen LogP contribution in [0.4, 0.5) is 10.1 Å². The maximum absolute atomic E-state index is 13.1.